The van der Waals surface area contributed by atoms with Gasteiger partial charge in [0.15, 0.2) is 0 Å². The van der Waals surface area contributed by atoms with Crippen LogP contribution in [0.3, 0.4) is 0 Å². The summed E-state index contributed by atoms with van der Waals surface area (Å²) in [4.78, 5) is 12.3. The average Bonchev–Trinajstić information content (AvgIpc) is 2.59. The molecule has 1 aromatic heterocycles. The summed E-state index contributed by atoms with van der Waals surface area (Å²) in [5.41, 5.74) is 4.50. The molecule has 3 nitrogen and oxygen atoms in total. The number of nitrogens with zero attached hydrogens (tertiary/aromatic N) is 2. The molecular formula is C15H16N2O. The third-order valence-electron chi connectivity index (χ3n) is 3.70. The van der Waals surface area contributed by atoms with Crippen molar-refractivity contribution in [2.24, 2.45) is 7.05 Å². The number of hydrogen-bond donors (Lipinski definition) is 0. The molecule has 3 heteroatoms. The predicted molar refractivity (Wildman–Crippen MR) is 69.5 cm³/mol. The van der Waals surface area contributed by atoms with Gasteiger partial charge in [-0.25, -0.2) is 0 Å². The third kappa shape index (κ3) is 1.76. The fourth-order valence-corrected chi connectivity index (χ4v) is 2.68. The summed E-state index contributed by atoms with van der Waals surface area (Å²) in [5, 5.41) is 4.28. The van der Waals surface area contributed by atoms with Crippen molar-refractivity contribution in [3.63, 3.8) is 0 Å². The number of aryl methyl sites for hydroxylation is 2. The number of carbonyl (C=O) groups is 1. The SMILES string of the molecule is Cc1cc(CC(=O)C2Cc3ccccc32)n(C)n1. The number of rotatable bonds is 3. The van der Waals surface area contributed by atoms with Crippen LogP contribution in [0, 0.1) is 6.92 Å². The molecule has 1 unspecified atom stereocenters. The maximum Gasteiger partial charge on any atom is 0.146 e. The van der Waals surface area contributed by atoms with E-state index in [9.17, 15) is 4.79 Å². The van der Waals surface area contributed by atoms with Gasteiger partial charge in [-0.15, -0.1) is 0 Å². The van der Waals surface area contributed by atoms with E-state index in [2.05, 4.69) is 17.2 Å². The van der Waals surface area contributed by atoms with Crippen LogP contribution in [0.25, 0.3) is 0 Å². The van der Waals surface area contributed by atoms with E-state index in [4.69, 9.17) is 0 Å². The summed E-state index contributed by atoms with van der Waals surface area (Å²) < 4.78 is 1.80. The molecule has 1 aromatic carbocycles. The van der Waals surface area contributed by atoms with Crippen molar-refractivity contribution in [1.82, 2.24) is 9.78 Å². The second-order valence-corrected chi connectivity index (χ2v) is 5.00. The number of benzene rings is 1. The first-order chi connectivity index (χ1) is 8.65. The van der Waals surface area contributed by atoms with Gasteiger partial charge in [0.2, 0.25) is 0 Å². The van der Waals surface area contributed by atoms with Crippen LogP contribution < -0.4 is 0 Å². The van der Waals surface area contributed by atoms with Crippen LogP contribution in [0.5, 0.6) is 0 Å². The Balaban J connectivity index is 1.76. The summed E-state index contributed by atoms with van der Waals surface area (Å²) in [7, 11) is 1.89. The highest BCUT2D eigenvalue weighted by atomic mass is 16.1. The molecule has 1 heterocycles. The lowest BCUT2D eigenvalue weighted by Crippen LogP contribution is -2.26. The minimum atomic E-state index is 0.0939. The summed E-state index contributed by atoms with van der Waals surface area (Å²) >= 11 is 0. The van der Waals surface area contributed by atoms with E-state index in [-0.39, 0.29) is 5.92 Å². The summed E-state index contributed by atoms with van der Waals surface area (Å²) in [6.45, 7) is 1.95. The Bertz CT molecular complexity index is 613. The highest BCUT2D eigenvalue weighted by Gasteiger charge is 2.31. The average molecular weight is 240 g/mol. The number of aromatic nitrogens is 2. The van der Waals surface area contributed by atoms with Crippen LogP contribution in [0.15, 0.2) is 30.3 Å². The number of ketones is 1. The molecule has 2 aromatic rings. The Morgan fingerprint density at radius 2 is 2.22 bits per heavy atom. The molecule has 1 aliphatic carbocycles. The molecule has 1 aliphatic rings. The molecule has 18 heavy (non-hydrogen) atoms. The molecule has 0 N–H and O–H groups in total. The minimum absolute atomic E-state index is 0.0939. The summed E-state index contributed by atoms with van der Waals surface area (Å²) in [6, 6.07) is 10.2. The Kier molecular flexibility index (Phi) is 2.54. The topological polar surface area (TPSA) is 34.9 Å². The monoisotopic (exact) mass is 240 g/mol. The van der Waals surface area contributed by atoms with Gasteiger partial charge < -0.3 is 0 Å². The van der Waals surface area contributed by atoms with E-state index in [1.54, 1.807) is 4.68 Å². The second-order valence-electron chi connectivity index (χ2n) is 5.00. The van der Waals surface area contributed by atoms with Gasteiger partial charge in [-0.2, -0.15) is 5.10 Å². The smallest absolute Gasteiger partial charge is 0.146 e. The first-order valence-electron chi connectivity index (χ1n) is 6.25. The lowest BCUT2D eigenvalue weighted by Gasteiger charge is -2.28. The normalized spacial score (nSPS) is 17.1. The van der Waals surface area contributed by atoms with E-state index < -0.39 is 0 Å². The molecule has 0 fully saturated rings. The zero-order chi connectivity index (χ0) is 12.7. The Morgan fingerprint density at radius 1 is 1.44 bits per heavy atom. The van der Waals surface area contributed by atoms with Crippen molar-refractivity contribution in [3.8, 4) is 0 Å². The molecule has 0 spiro atoms. The van der Waals surface area contributed by atoms with Gasteiger partial charge in [0.1, 0.15) is 5.78 Å². The Morgan fingerprint density at radius 3 is 2.89 bits per heavy atom. The van der Waals surface area contributed by atoms with E-state index in [0.717, 1.165) is 17.8 Å². The van der Waals surface area contributed by atoms with Gasteiger partial charge in [0.25, 0.3) is 0 Å². The fraction of sp³-hybridized carbons (Fsp3) is 0.333. The van der Waals surface area contributed by atoms with Crippen molar-refractivity contribution in [2.75, 3.05) is 0 Å². The van der Waals surface area contributed by atoms with Crippen molar-refractivity contribution in [1.29, 1.82) is 0 Å². The van der Waals surface area contributed by atoms with Crippen LogP contribution in [0.2, 0.25) is 0 Å². The molecular weight excluding hydrogens is 224 g/mol. The highest BCUT2D eigenvalue weighted by molar-refractivity contribution is 5.90. The molecule has 0 radical (unpaired) electrons. The van der Waals surface area contributed by atoms with Gasteiger partial charge in [-0.05, 0) is 30.5 Å². The van der Waals surface area contributed by atoms with Crippen LogP contribution in [-0.4, -0.2) is 15.6 Å². The van der Waals surface area contributed by atoms with E-state index in [1.165, 1.54) is 11.1 Å². The third-order valence-corrected chi connectivity index (χ3v) is 3.70. The maximum absolute atomic E-state index is 12.3. The summed E-state index contributed by atoms with van der Waals surface area (Å²) in [5.74, 6) is 0.396. The zero-order valence-electron chi connectivity index (χ0n) is 10.7. The van der Waals surface area contributed by atoms with Crippen molar-refractivity contribution >= 4 is 5.78 Å². The fourth-order valence-electron chi connectivity index (χ4n) is 2.68. The van der Waals surface area contributed by atoms with Crippen molar-refractivity contribution < 1.29 is 4.79 Å². The van der Waals surface area contributed by atoms with Crippen LogP contribution in [-0.2, 0) is 24.7 Å². The molecule has 3 rings (SSSR count). The van der Waals surface area contributed by atoms with Gasteiger partial charge in [-0.1, -0.05) is 24.3 Å². The van der Waals surface area contributed by atoms with E-state index >= 15 is 0 Å². The van der Waals surface area contributed by atoms with Crippen molar-refractivity contribution in [3.05, 3.63) is 52.8 Å². The molecule has 92 valence electrons. The molecule has 1 atom stereocenters. The molecule has 0 saturated carbocycles. The quantitative estimate of drug-likeness (QED) is 0.824. The Hall–Kier alpha value is -1.90. The first kappa shape index (κ1) is 11.2. The maximum atomic E-state index is 12.3. The summed E-state index contributed by atoms with van der Waals surface area (Å²) in [6.07, 6.45) is 1.38. The number of hydrogen-bond acceptors (Lipinski definition) is 2. The highest BCUT2D eigenvalue weighted by Crippen LogP contribution is 2.36. The van der Waals surface area contributed by atoms with Gasteiger partial charge >= 0.3 is 0 Å². The standard InChI is InChI=1S/C15H16N2O/c1-10-7-12(17(2)16-10)9-15(18)14-8-11-5-3-4-6-13(11)14/h3-7,14H,8-9H2,1-2H3. The molecule has 0 bridgehead atoms. The number of fused-ring (bicyclic) bond motifs is 1. The Labute approximate surface area is 106 Å². The van der Waals surface area contributed by atoms with Gasteiger partial charge in [0, 0.05) is 25.1 Å². The number of Topliss-reactive ketones (excluding diaryl/α,β-unsaturated/α-hetero) is 1. The lowest BCUT2D eigenvalue weighted by molar-refractivity contribution is -0.120. The van der Waals surface area contributed by atoms with Crippen molar-refractivity contribution in [2.45, 2.75) is 25.7 Å². The van der Waals surface area contributed by atoms with E-state index in [1.807, 2.05) is 32.2 Å². The molecule has 0 saturated heterocycles. The van der Waals surface area contributed by atoms with Gasteiger partial charge in [0.05, 0.1) is 5.69 Å². The first-order valence-corrected chi connectivity index (χ1v) is 6.25. The van der Waals surface area contributed by atoms with Gasteiger partial charge in [-0.3, -0.25) is 9.48 Å². The largest absolute Gasteiger partial charge is 0.299 e. The van der Waals surface area contributed by atoms with E-state index in [0.29, 0.717) is 12.2 Å². The number of carbonyl (C=O) groups excluding carboxylic acids is 1. The molecule has 0 amide bonds. The zero-order valence-corrected chi connectivity index (χ0v) is 10.7. The predicted octanol–water partition coefficient (Wildman–Crippen LogP) is 2.18. The lowest BCUT2D eigenvalue weighted by atomic mass is 9.74. The molecule has 0 aliphatic heterocycles. The van der Waals surface area contributed by atoms with Crippen LogP contribution >= 0.6 is 0 Å². The van der Waals surface area contributed by atoms with Crippen LogP contribution in [0.4, 0.5) is 0 Å². The van der Waals surface area contributed by atoms with Crippen LogP contribution in [0.1, 0.15) is 28.4 Å². The minimum Gasteiger partial charge on any atom is -0.299 e. The second kappa shape index (κ2) is 4.09.